The topological polar surface area (TPSA) is 56.8 Å². The molecule has 1 aliphatic rings. The summed E-state index contributed by atoms with van der Waals surface area (Å²) in [4.78, 5) is 11.6. The first-order valence-electron chi connectivity index (χ1n) is 6.69. The molecule has 6 heteroatoms. The molecule has 0 saturated carbocycles. The Morgan fingerprint density at radius 2 is 2.21 bits per heavy atom. The highest BCUT2D eigenvalue weighted by Crippen LogP contribution is 2.14. The fourth-order valence-corrected chi connectivity index (χ4v) is 1.83. The highest BCUT2D eigenvalue weighted by atomic mass is 35.5. The number of halogens is 1. The van der Waals surface area contributed by atoms with Crippen LogP contribution in [0.5, 0.6) is 0 Å². The lowest BCUT2D eigenvalue weighted by molar-refractivity contribution is -0.164. The Kier molecular flexibility index (Phi) is 6.89. The fourth-order valence-electron chi connectivity index (χ4n) is 1.67. The van der Waals surface area contributed by atoms with Gasteiger partial charge in [0.15, 0.2) is 6.29 Å². The normalized spacial score (nSPS) is 21.8. The molecule has 0 radical (unpaired) electrons. The molecule has 0 aliphatic carbocycles. The monoisotopic (exact) mass is 293 g/mol. The van der Waals surface area contributed by atoms with Crippen LogP contribution in [0, 0.1) is 0 Å². The lowest BCUT2D eigenvalue weighted by Crippen LogP contribution is -2.43. The minimum atomic E-state index is -0.520. The molecule has 19 heavy (non-hydrogen) atoms. The predicted octanol–water partition coefficient (Wildman–Crippen LogP) is 2.66. The summed E-state index contributed by atoms with van der Waals surface area (Å²) in [7, 11) is 0. The molecule has 0 bridgehead atoms. The number of carbonyl (C=O) groups is 1. The van der Waals surface area contributed by atoms with E-state index in [9.17, 15) is 4.79 Å². The van der Waals surface area contributed by atoms with Crippen molar-refractivity contribution in [3.8, 4) is 0 Å². The van der Waals surface area contributed by atoms with Crippen LogP contribution in [0.4, 0.5) is 4.79 Å². The van der Waals surface area contributed by atoms with E-state index < -0.39 is 11.7 Å². The van der Waals surface area contributed by atoms with Crippen LogP contribution < -0.4 is 5.32 Å². The minimum Gasteiger partial charge on any atom is -0.444 e. The van der Waals surface area contributed by atoms with E-state index in [1.807, 2.05) is 20.8 Å². The van der Waals surface area contributed by atoms with Crippen LogP contribution >= 0.6 is 11.6 Å². The van der Waals surface area contributed by atoms with Gasteiger partial charge >= 0.3 is 6.09 Å². The molecule has 0 aromatic rings. The summed E-state index contributed by atoms with van der Waals surface area (Å²) in [5.74, 6) is 0.270. The number of carbonyl (C=O) groups excluding carboxylic acids is 1. The molecule has 1 N–H and O–H groups in total. The van der Waals surface area contributed by atoms with Gasteiger partial charge in [-0.2, -0.15) is 0 Å². The Bertz CT molecular complexity index is 274. The van der Waals surface area contributed by atoms with E-state index >= 15 is 0 Å². The number of alkyl halides is 1. The molecular formula is C13H24ClNO4. The summed E-state index contributed by atoms with van der Waals surface area (Å²) in [6.07, 6.45) is 2.41. The Morgan fingerprint density at radius 1 is 1.47 bits per heavy atom. The summed E-state index contributed by atoms with van der Waals surface area (Å²) < 4.78 is 16.2. The number of rotatable bonds is 5. The molecule has 1 heterocycles. The number of hydrogen-bond acceptors (Lipinski definition) is 4. The maximum Gasteiger partial charge on any atom is 0.407 e. The van der Waals surface area contributed by atoms with E-state index in [1.165, 1.54) is 0 Å². The lowest BCUT2D eigenvalue weighted by Gasteiger charge is -2.26. The van der Waals surface area contributed by atoms with Crippen molar-refractivity contribution >= 4 is 17.7 Å². The molecule has 0 aromatic heterocycles. The molecule has 1 rings (SSSR count). The molecule has 5 nitrogen and oxygen atoms in total. The quantitative estimate of drug-likeness (QED) is 0.792. The molecule has 112 valence electrons. The zero-order valence-electron chi connectivity index (χ0n) is 11.9. The molecule has 1 fully saturated rings. The number of amides is 1. The first kappa shape index (κ1) is 16.5. The molecule has 0 aromatic carbocycles. The molecule has 0 spiro atoms. The van der Waals surface area contributed by atoms with Crippen molar-refractivity contribution in [2.45, 2.75) is 58.0 Å². The van der Waals surface area contributed by atoms with E-state index in [4.69, 9.17) is 25.8 Å². The van der Waals surface area contributed by atoms with Crippen LogP contribution in [0.2, 0.25) is 0 Å². The first-order valence-corrected chi connectivity index (χ1v) is 7.23. The SMILES string of the molecule is CC(C)(C)OC(=O)N[C@@H](CCl)COC1CCCCO1. The largest absolute Gasteiger partial charge is 0.444 e. The van der Waals surface area contributed by atoms with Gasteiger partial charge in [-0.15, -0.1) is 11.6 Å². The van der Waals surface area contributed by atoms with E-state index in [2.05, 4.69) is 5.32 Å². The van der Waals surface area contributed by atoms with Crippen molar-refractivity contribution in [3.63, 3.8) is 0 Å². The third kappa shape index (κ3) is 7.60. The van der Waals surface area contributed by atoms with Gasteiger partial charge in [0.25, 0.3) is 0 Å². The van der Waals surface area contributed by atoms with Gasteiger partial charge in [0.2, 0.25) is 0 Å². The molecule has 2 atom stereocenters. The van der Waals surface area contributed by atoms with Crippen LogP contribution in [0.15, 0.2) is 0 Å². The number of ether oxygens (including phenoxy) is 3. The second-order valence-electron chi connectivity index (χ2n) is 5.63. The highest BCUT2D eigenvalue weighted by molar-refractivity contribution is 6.18. The van der Waals surface area contributed by atoms with Gasteiger partial charge < -0.3 is 19.5 Å². The molecular weight excluding hydrogens is 270 g/mol. The summed E-state index contributed by atoms with van der Waals surface area (Å²) in [6.45, 7) is 6.50. The Balaban J connectivity index is 2.26. The van der Waals surface area contributed by atoms with E-state index in [0.29, 0.717) is 6.61 Å². The average molecular weight is 294 g/mol. The van der Waals surface area contributed by atoms with E-state index in [1.54, 1.807) is 0 Å². The predicted molar refractivity (Wildman–Crippen MR) is 73.4 cm³/mol. The summed E-state index contributed by atoms with van der Waals surface area (Å²) >= 11 is 5.81. The third-order valence-corrected chi connectivity index (χ3v) is 2.90. The second kappa shape index (κ2) is 7.92. The van der Waals surface area contributed by atoms with Gasteiger partial charge in [-0.3, -0.25) is 0 Å². The van der Waals surface area contributed by atoms with Crippen LogP contribution in [0.3, 0.4) is 0 Å². The molecule has 1 unspecified atom stereocenters. The Labute approximate surface area is 119 Å². The number of hydrogen-bond donors (Lipinski definition) is 1. The molecule has 1 amide bonds. The molecule has 1 saturated heterocycles. The highest BCUT2D eigenvalue weighted by Gasteiger charge is 2.21. The first-order chi connectivity index (χ1) is 8.90. The van der Waals surface area contributed by atoms with Gasteiger partial charge in [0.1, 0.15) is 5.60 Å². The van der Waals surface area contributed by atoms with Gasteiger partial charge in [-0.05, 0) is 40.0 Å². The van der Waals surface area contributed by atoms with Gasteiger partial charge in [0.05, 0.1) is 12.6 Å². The van der Waals surface area contributed by atoms with E-state index in [0.717, 1.165) is 25.9 Å². The van der Waals surface area contributed by atoms with Crippen LogP contribution in [-0.4, -0.2) is 43.1 Å². The maximum absolute atomic E-state index is 11.6. The van der Waals surface area contributed by atoms with E-state index in [-0.39, 0.29) is 18.2 Å². The minimum absolute atomic E-state index is 0.181. The van der Waals surface area contributed by atoms with Crippen molar-refractivity contribution in [2.75, 3.05) is 19.1 Å². The van der Waals surface area contributed by atoms with Crippen LogP contribution in [0.1, 0.15) is 40.0 Å². The molecule has 1 aliphatic heterocycles. The van der Waals surface area contributed by atoms with Crippen LogP contribution in [-0.2, 0) is 14.2 Å². The lowest BCUT2D eigenvalue weighted by atomic mass is 10.2. The van der Waals surface area contributed by atoms with Gasteiger partial charge in [-0.1, -0.05) is 0 Å². The standard InChI is InChI=1S/C13H24ClNO4/c1-13(2,3)19-12(16)15-10(8-14)9-18-11-6-4-5-7-17-11/h10-11H,4-9H2,1-3H3,(H,15,16)/t10-,11?/m0/s1. The maximum atomic E-state index is 11.6. The van der Waals surface area contributed by atoms with Crippen molar-refractivity contribution in [1.29, 1.82) is 0 Å². The number of alkyl carbamates (subject to hydrolysis) is 1. The van der Waals surface area contributed by atoms with Crippen molar-refractivity contribution in [2.24, 2.45) is 0 Å². The van der Waals surface area contributed by atoms with Crippen molar-refractivity contribution < 1.29 is 19.0 Å². The fraction of sp³-hybridized carbons (Fsp3) is 0.923. The smallest absolute Gasteiger partial charge is 0.407 e. The number of nitrogens with one attached hydrogen (secondary N) is 1. The zero-order chi connectivity index (χ0) is 14.3. The van der Waals surface area contributed by atoms with Crippen LogP contribution in [0.25, 0.3) is 0 Å². The zero-order valence-corrected chi connectivity index (χ0v) is 12.7. The van der Waals surface area contributed by atoms with Crippen molar-refractivity contribution in [3.05, 3.63) is 0 Å². The third-order valence-electron chi connectivity index (χ3n) is 2.53. The summed E-state index contributed by atoms with van der Waals surface area (Å²) in [5.41, 5.74) is -0.520. The summed E-state index contributed by atoms with van der Waals surface area (Å²) in [5, 5.41) is 2.69. The Hall–Kier alpha value is -0.520. The summed E-state index contributed by atoms with van der Waals surface area (Å²) in [6, 6.07) is -0.276. The second-order valence-corrected chi connectivity index (χ2v) is 5.94. The Morgan fingerprint density at radius 3 is 2.74 bits per heavy atom. The average Bonchev–Trinajstić information content (AvgIpc) is 2.33. The van der Waals surface area contributed by atoms with Gasteiger partial charge in [0, 0.05) is 12.5 Å². The van der Waals surface area contributed by atoms with Crippen molar-refractivity contribution in [1.82, 2.24) is 5.32 Å². The van der Waals surface area contributed by atoms with Gasteiger partial charge in [-0.25, -0.2) is 4.79 Å².